The van der Waals surface area contributed by atoms with Gasteiger partial charge in [-0.3, -0.25) is 0 Å². The standard InChI is InChI=1S/C21H29NO3/c1-6-25-20-10-15(3)14(2)9-18(20)17(13-22)11-16-7-8-19(23-4)21(12-16)24-5/h7-10,12,17H,6,11,13,22H2,1-5H3. The van der Waals surface area contributed by atoms with Crippen LogP contribution in [-0.2, 0) is 6.42 Å². The molecule has 2 rings (SSSR count). The van der Waals surface area contributed by atoms with Crippen LogP contribution in [0.2, 0.25) is 0 Å². The number of aryl methyl sites for hydroxylation is 2. The first-order valence-corrected chi connectivity index (χ1v) is 8.68. The van der Waals surface area contributed by atoms with Gasteiger partial charge >= 0.3 is 0 Å². The summed E-state index contributed by atoms with van der Waals surface area (Å²) in [5, 5.41) is 0. The molecule has 1 atom stereocenters. The van der Waals surface area contributed by atoms with E-state index in [4.69, 9.17) is 19.9 Å². The van der Waals surface area contributed by atoms with Gasteiger partial charge in [0.25, 0.3) is 0 Å². The fraction of sp³-hybridized carbons (Fsp3) is 0.429. The molecule has 0 amide bonds. The van der Waals surface area contributed by atoms with Gasteiger partial charge in [0.1, 0.15) is 5.75 Å². The third-order valence-corrected chi connectivity index (χ3v) is 4.58. The van der Waals surface area contributed by atoms with Gasteiger partial charge in [-0.05, 0) is 74.2 Å². The zero-order valence-electron chi connectivity index (χ0n) is 15.9. The third-order valence-electron chi connectivity index (χ3n) is 4.58. The molecule has 4 heteroatoms. The van der Waals surface area contributed by atoms with Crippen molar-refractivity contribution in [3.8, 4) is 17.2 Å². The van der Waals surface area contributed by atoms with E-state index in [-0.39, 0.29) is 5.92 Å². The lowest BCUT2D eigenvalue weighted by molar-refractivity contribution is 0.333. The number of hydrogen-bond donors (Lipinski definition) is 1. The maximum Gasteiger partial charge on any atom is 0.160 e. The van der Waals surface area contributed by atoms with Gasteiger partial charge in [0.2, 0.25) is 0 Å². The van der Waals surface area contributed by atoms with Crippen LogP contribution >= 0.6 is 0 Å². The Morgan fingerprint density at radius 2 is 1.60 bits per heavy atom. The van der Waals surface area contributed by atoms with Gasteiger partial charge < -0.3 is 19.9 Å². The van der Waals surface area contributed by atoms with Crippen LogP contribution in [-0.4, -0.2) is 27.4 Å². The first-order chi connectivity index (χ1) is 12.0. The van der Waals surface area contributed by atoms with Gasteiger partial charge in [0, 0.05) is 5.92 Å². The van der Waals surface area contributed by atoms with E-state index in [2.05, 4.69) is 32.0 Å². The largest absolute Gasteiger partial charge is 0.494 e. The maximum absolute atomic E-state index is 6.12. The van der Waals surface area contributed by atoms with Crippen LogP contribution in [0.3, 0.4) is 0 Å². The van der Waals surface area contributed by atoms with Gasteiger partial charge in [0.15, 0.2) is 11.5 Å². The highest BCUT2D eigenvalue weighted by atomic mass is 16.5. The Labute approximate surface area is 150 Å². The SMILES string of the molecule is CCOc1cc(C)c(C)cc1C(CN)Cc1ccc(OC)c(OC)c1. The molecule has 136 valence electrons. The molecule has 0 aliphatic heterocycles. The summed E-state index contributed by atoms with van der Waals surface area (Å²) in [6.45, 7) is 7.43. The lowest BCUT2D eigenvalue weighted by Crippen LogP contribution is -2.17. The quantitative estimate of drug-likeness (QED) is 0.787. The van der Waals surface area contributed by atoms with Gasteiger partial charge in [-0.1, -0.05) is 12.1 Å². The van der Waals surface area contributed by atoms with Gasteiger partial charge in [-0.25, -0.2) is 0 Å². The zero-order chi connectivity index (χ0) is 18.4. The van der Waals surface area contributed by atoms with Crippen LogP contribution in [0.5, 0.6) is 17.2 Å². The van der Waals surface area contributed by atoms with Crippen LogP contribution in [0.1, 0.15) is 35.1 Å². The Balaban J connectivity index is 2.36. The van der Waals surface area contributed by atoms with Crippen molar-refractivity contribution in [2.75, 3.05) is 27.4 Å². The highest BCUT2D eigenvalue weighted by Crippen LogP contribution is 2.34. The summed E-state index contributed by atoms with van der Waals surface area (Å²) in [5.41, 5.74) is 10.9. The van der Waals surface area contributed by atoms with E-state index in [0.29, 0.717) is 13.2 Å². The average molecular weight is 343 g/mol. The van der Waals surface area contributed by atoms with E-state index in [9.17, 15) is 0 Å². The number of nitrogens with two attached hydrogens (primary N) is 1. The summed E-state index contributed by atoms with van der Waals surface area (Å²) >= 11 is 0. The second-order valence-electron chi connectivity index (χ2n) is 6.23. The highest BCUT2D eigenvalue weighted by molar-refractivity contribution is 5.46. The van der Waals surface area contributed by atoms with Crippen molar-refractivity contribution in [1.82, 2.24) is 0 Å². The Morgan fingerprint density at radius 3 is 2.20 bits per heavy atom. The minimum absolute atomic E-state index is 0.180. The summed E-state index contributed by atoms with van der Waals surface area (Å²) in [6, 6.07) is 10.3. The number of benzene rings is 2. The minimum atomic E-state index is 0.180. The number of hydrogen-bond acceptors (Lipinski definition) is 4. The van der Waals surface area contributed by atoms with E-state index < -0.39 is 0 Å². The lowest BCUT2D eigenvalue weighted by atomic mass is 9.89. The van der Waals surface area contributed by atoms with Crippen LogP contribution in [0.15, 0.2) is 30.3 Å². The smallest absolute Gasteiger partial charge is 0.160 e. The van der Waals surface area contributed by atoms with Crippen molar-refractivity contribution in [1.29, 1.82) is 0 Å². The molecule has 0 aliphatic carbocycles. The normalized spacial score (nSPS) is 11.9. The summed E-state index contributed by atoms with van der Waals surface area (Å²) in [6.07, 6.45) is 0.819. The predicted octanol–water partition coefficient (Wildman–Crippen LogP) is 4.00. The molecule has 0 heterocycles. The molecule has 4 nitrogen and oxygen atoms in total. The molecule has 0 saturated heterocycles. The number of rotatable bonds is 8. The molecule has 0 aromatic heterocycles. The summed E-state index contributed by atoms with van der Waals surface area (Å²) in [4.78, 5) is 0. The predicted molar refractivity (Wildman–Crippen MR) is 102 cm³/mol. The second kappa shape index (κ2) is 8.77. The van der Waals surface area contributed by atoms with E-state index in [0.717, 1.165) is 29.2 Å². The lowest BCUT2D eigenvalue weighted by Gasteiger charge is -2.21. The van der Waals surface area contributed by atoms with Crippen molar-refractivity contribution < 1.29 is 14.2 Å². The molecule has 0 spiro atoms. The Bertz CT molecular complexity index is 713. The summed E-state index contributed by atoms with van der Waals surface area (Å²) in [7, 11) is 3.29. The molecule has 0 bridgehead atoms. The molecule has 2 aromatic rings. The molecular formula is C21H29NO3. The Morgan fingerprint density at radius 1 is 0.920 bits per heavy atom. The van der Waals surface area contributed by atoms with E-state index in [1.165, 1.54) is 16.7 Å². The Kier molecular flexibility index (Phi) is 6.71. The monoisotopic (exact) mass is 343 g/mol. The van der Waals surface area contributed by atoms with Crippen LogP contribution in [0.4, 0.5) is 0 Å². The molecule has 25 heavy (non-hydrogen) atoms. The fourth-order valence-corrected chi connectivity index (χ4v) is 3.02. The van der Waals surface area contributed by atoms with Crippen LogP contribution in [0.25, 0.3) is 0 Å². The van der Waals surface area contributed by atoms with E-state index in [1.807, 2.05) is 19.1 Å². The van der Waals surface area contributed by atoms with Crippen molar-refractivity contribution in [3.05, 3.63) is 52.6 Å². The van der Waals surface area contributed by atoms with Crippen molar-refractivity contribution in [3.63, 3.8) is 0 Å². The molecular weight excluding hydrogens is 314 g/mol. The molecule has 2 aromatic carbocycles. The van der Waals surface area contributed by atoms with Gasteiger partial charge in [-0.15, -0.1) is 0 Å². The number of ether oxygens (including phenoxy) is 3. The van der Waals surface area contributed by atoms with Gasteiger partial charge in [0.05, 0.1) is 20.8 Å². The van der Waals surface area contributed by atoms with Crippen molar-refractivity contribution >= 4 is 0 Å². The van der Waals surface area contributed by atoms with Crippen LogP contribution < -0.4 is 19.9 Å². The molecule has 0 saturated carbocycles. The minimum Gasteiger partial charge on any atom is -0.494 e. The van der Waals surface area contributed by atoms with Crippen molar-refractivity contribution in [2.45, 2.75) is 33.1 Å². The molecule has 0 radical (unpaired) electrons. The zero-order valence-corrected chi connectivity index (χ0v) is 15.9. The topological polar surface area (TPSA) is 53.7 Å². The highest BCUT2D eigenvalue weighted by Gasteiger charge is 2.18. The second-order valence-corrected chi connectivity index (χ2v) is 6.23. The Hall–Kier alpha value is -2.20. The first kappa shape index (κ1) is 19.1. The van der Waals surface area contributed by atoms with E-state index in [1.54, 1.807) is 14.2 Å². The maximum atomic E-state index is 6.12. The molecule has 0 aliphatic rings. The fourth-order valence-electron chi connectivity index (χ4n) is 3.02. The third kappa shape index (κ3) is 4.45. The van der Waals surface area contributed by atoms with Crippen molar-refractivity contribution in [2.24, 2.45) is 5.73 Å². The van der Waals surface area contributed by atoms with Crippen LogP contribution in [0, 0.1) is 13.8 Å². The number of methoxy groups -OCH3 is 2. The van der Waals surface area contributed by atoms with Gasteiger partial charge in [-0.2, -0.15) is 0 Å². The molecule has 2 N–H and O–H groups in total. The molecule has 0 fully saturated rings. The average Bonchev–Trinajstić information content (AvgIpc) is 2.62. The van der Waals surface area contributed by atoms with E-state index >= 15 is 0 Å². The first-order valence-electron chi connectivity index (χ1n) is 8.68. The molecule has 1 unspecified atom stereocenters. The summed E-state index contributed by atoms with van der Waals surface area (Å²) in [5.74, 6) is 2.58. The summed E-state index contributed by atoms with van der Waals surface area (Å²) < 4.78 is 16.6.